The number of rotatable bonds is 1. The molecule has 1 unspecified atom stereocenters. The van der Waals surface area contributed by atoms with E-state index in [2.05, 4.69) is 33.4 Å². The van der Waals surface area contributed by atoms with Crippen LogP contribution in [0.5, 0.6) is 5.88 Å². The maximum absolute atomic E-state index is 5.61. The molecule has 0 bridgehead atoms. The van der Waals surface area contributed by atoms with E-state index in [0.29, 0.717) is 6.10 Å². The summed E-state index contributed by atoms with van der Waals surface area (Å²) in [7, 11) is 0. The van der Waals surface area contributed by atoms with Gasteiger partial charge in [0.25, 0.3) is 0 Å². The van der Waals surface area contributed by atoms with Gasteiger partial charge in [0, 0.05) is 10.5 Å². The molecule has 2 heterocycles. The Kier molecular flexibility index (Phi) is 4.01. The summed E-state index contributed by atoms with van der Waals surface area (Å²) in [5.41, 5.74) is 0. The Morgan fingerprint density at radius 1 is 1.58 bits per heavy atom. The Balaban J connectivity index is 0.000000720. The predicted octanol–water partition coefficient (Wildman–Crippen LogP) is -1.83. The fourth-order valence-electron chi connectivity index (χ4n) is 1.23. The van der Waals surface area contributed by atoms with Crippen LogP contribution < -0.4 is 33.3 Å². The highest BCUT2D eigenvalue weighted by Crippen LogP contribution is 2.13. The Morgan fingerprint density at radius 2 is 2.42 bits per heavy atom. The number of hydrogen-bond donors (Lipinski definition) is 0. The van der Waals surface area contributed by atoms with Gasteiger partial charge in [-0.2, -0.15) is 4.57 Å². The van der Waals surface area contributed by atoms with Crippen LogP contribution in [-0.4, -0.2) is 10.5 Å². The zero-order chi connectivity index (χ0) is 7.68. The molecule has 1 aliphatic rings. The van der Waals surface area contributed by atoms with E-state index in [1.54, 1.807) is 0 Å². The lowest BCUT2D eigenvalue weighted by molar-refractivity contribution is -0.681. The molecule has 2 nitrogen and oxygen atoms in total. The molecule has 0 spiro atoms. The van der Waals surface area contributed by atoms with Gasteiger partial charge in [-0.25, -0.2) is 0 Å². The molecule has 2 rings (SSSR count). The van der Waals surface area contributed by atoms with Crippen molar-refractivity contribution in [2.45, 2.75) is 12.6 Å². The van der Waals surface area contributed by atoms with Crippen LogP contribution in [0.15, 0.2) is 24.4 Å². The normalized spacial score (nSPS) is 19.2. The highest BCUT2D eigenvalue weighted by molar-refractivity contribution is 14.1. The maximum Gasteiger partial charge on any atom is 0.368 e. The number of halogens is 2. The number of nitrogens with zero attached hydrogens (tertiary/aromatic N) is 1. The van der Waals surface area contributed by atoms with E-state index in [1.807, 2.05) is 18.2 Å². The van der Waals surface area contributed by atoms with Gasteiger partial charge in [-0.05, 0) is 6.07 Å². The van der Waals surface area contributed by atoms with E-state index in [4.69, 9.17) is 4.74 Å². The van der Waals surface area contributed by atoms with Crippen LogP contribution in [0.3, 0.4) is 0 Å². The second-order valence-corrected chi connectivity index (χ2v) is 3.47. The van der Waals surface area contributed by atoms with E-state index >= 15 is 0 Å². The SMILES string of the molecule is ICC1C[n+]2ccccc2O1.[I-]. The highest BCUT2D eigenvalue weighted by atomic mass is 127. The van der Waals surface area contributed by atoms with Crippen LogP contribution in [0.4, 0.5) is 0 Å². The largest absolute Gasteiger partial charge is 1.00 e. The van der Waals surface area contributed by atoms with Crippen molar-refractivity contribution in [2.75, 3.05) is 4.43 Å². The molecule has 4 heteroatoms. The number of hydrogen-bond acceptors (Lipinski definition) is 1. The third kappa shape index (κ3) is 2.01. The summed E-state index contributed by atoms with van der Waals surface area (Å²) < 4.78 is 8.81. The van der Waals surface area contributed by atoms with E-state index in [9.17, 15) is 0 Å². The molecule has 12 heavy (non-hydrogen) atoms. The van der Waals surface area contributed by atoms with Gasteiger partial charge >= 0.3 is 5.88 Å². The molecule has 0 fully saturated rings. The molecular weight excluding hydrogens is 380 g/mol. The molecule has 0 aliphatic carbocycles. The number of aromatic nitrogens is 1. The Bertz CT molecular complexity index is 242. The summed E-state index contributed by atoms with van der Waals surface area (Å²) in [5.74, 6) is 0.995. The third-order valence-corrected chi connectivity index (χ3v) is 2.74. The Labute approximate surface area is 102 Å². The molecule has 1 atom stereocenters. The molecule has 0 aromatic carbocycles. The van der Waals surface area contributed by atoms with Gasteiger partial charge in [-0.15, -0.1) is 0 Å². The molecule has 1 aliphatic heterocycles. The minimum absolute atomic E-state index is 0. The second kappa shape index (κ2) is 4.59. The highest BCUT2D eigenvalue weighted by Gasteiger charge is 2.27. The smallest absolute Gasteiger partial charge is 0.368 e. The minimum atomic E-state index is 0. The van der Waals surface area contributed by atoms with Gasteiger partial charge in [0.05, 0.1) is 6.07 Å². The van der Waals surface area contributed by atoms with Crippen molar-refractivity contribution < 1.29 is 33.3 Å². The predicted molar refractivity (Wildman–Crippen MR) is 49.9 cm³/mol. The molecule has 0 saturated carbocycles. The lowest BCUT2D eigenvalue weighted by Gasteiger charge is -1.96. The zero-order valence-corrected chi connectivity index (χ0v) is 10.7. The number of fused-ring (bicyclic) bond motifs is 1. The van der Waals surface area contributed by atoms with Crippen LogP contribution >= 0.6 is 22.6 Å². The molecular formula is C8H9I2NO. The van der Waals surface area contributed by atoms with Crippen molar-refractivity contribution in [3.8, 4) is 5.88 Å². The summed E-state index contributed by atoms with van der Waals surface area (Å²) in [6, 6.07) is 6.04. The number of pyridine rings is 1. The summed E-state index contributed by atoms with van der Waals surface area (Å²) in [6.07, 6.45) is 2.43. The summed E-state index contributed by atoms with van der Waals surface area (Å²) in [5, 5.41) is 0. The van der Waals surface area contributed by atoms with Crippen molar-refractivity contribution in [1.82, 2.24) is 0 Å². The Morgan fingerprint density at radius 3 is 3.08 bits per heavy atom. The number of alkyl halides is 1. The van der Waals surface area contributed by atoms with E-state index in [-0.39, 0.29) is 24.0 Å². The fraction of sp³-hybridized carbons (Fsp3) is 0.375. The lowest BCUT2D eigenvalue weighted by Crippen LogP contribution is -3.00. The van der Waals surface area contributed by atoms with Gasteiger partial charge in [-0.1, -0.05) is 22.6 Å². The summed E-state index contributed by atoms with van der Waals surface area (Å²) in [4.78, 5) is 0. The van der Waals surface area contributed by atoms with Gasteiger partial charge in [0.2, 0.25) is 0 Å². The van der Waals surface area contributed by atoms with Crippen LogP contribution in [0.2, 0.25) is 0 Å². The van der Waals surface area contributed by atoms with Gasteiger partial charge in [0.15, 0.2) is 18.8 Å². The third-order valence-electron chi connectivity index (χ3n) is 1.76. The first kappa shape index (κ1) is 10.5. The quantitative estimate of drug-likeness (QED) is 0.313. The van der Waals surface area contributed by atoms with E-state index in [0.717, 1.165) is 16.9 Å². The average molecular weight is 389 g/mol. The van der Waals surface area contributed by atoms with Gasteiger partial charge in [-0.3, -0.25) is 0 Å². The van der Waals surface area contributed by atoms with Gasteiger partial charge < -0.3 is 28.7 Å². The average Bonchev–Trinajstić information content (AvgIpc) is 2.46. The minimum Gasteiger partial charge on any atom is -1.00 e. The monoisotopic (exact) mass is 389 g/mol. The van der Waals surface area contributed by atoms with Crippen LogP contribution in [-0.2, 0) is 6.54 Å². The molecule has 66 valence electrons. The maximum atomic E-state index is 5.61. The molecule has 0 radical (unpaired) electrons. The van der Waals surface area contributed by atoms with Gasteiger partial charge in [0.1, 0.15) is 0 Å². The fourth-order valence-corrected chi connectivity index (χ4v) is 1.68. The molecule has 0 saturated heterocycles. The first-order valence-corrected chi connectivity index (χ1v) is 5.14. The van der Waals surface area contributed by atoms with Crippen LogP contribution in [0.25, 0.3) is 0 Å². The zero-order valence-electron chi connectivity index (χ0n) is 6.41. The molecule has 1 aromatic rings. The van der Waals surface area contributed by atoms with E-state index < -0.39 is 0 Å². The van der Waals surface area contributed by atoms with E-state index in [1.165, 1.54) is 0 Å². The van der Waals surface area contributed by atoms with Crippen molar-refractivity contribution in [3.05, 3.63) is 24.4 Å². The van der Waals surface area contributed by atoms with Crippen molar-refractivity contribution in [1.29, 1.82) is 0 Å². The van der Waals surface area contributed by atoms with Crippen molar-refractivity contribution >= 4 is 22.6 Å². The lowest BCUT2D eigenvalue weighted by atomic mass is 10.4. The number of ether oxygens (including phenoxy) is 1. The van der Waals surface area contributed by atoms with Crippen molar-refractivity contribution in [3.63, 3.8) is 0 Å². The molecule has 0 amide bonds. The summed E-state index contributed by atoms with van der Waals surface area (Å²) >= 11 is 2.35. The first-order chi connectivity index (χ1) is 5.40. The standard InChI is InChI=1S/C8H9INO.HI/c9-5-7-6-10-4-2-1-3-8(10)11-7;/h1-4,7H,5-6H2;1H/q+1;/p-1. The van der Waals surface area contributed by atoms with Crippen LogP contribution in [0.1, 0.15) is 0 Å². The van der Waals surface area contributed by atoms with Crippen molar-refractivity contribution in [2.24, 2.45) is 0 Å². The molecule has 0 N–H and O–H groups in total. The topological polar surface area (TPSA) is 13.1 Å². The molecule has 1 aromatic heterocycles. The van der Waals surface area contributed by atoms with Crippen LogP contribution in [0, 0.1) is 0 Å². The second-order valence-electron chi connectivity index (χ2n) is 2.59. The first-order valence-electron chi connectivity index (χ1n) is 3.61. The summed E-state index contributed by atoms with van der Waals surface area (Å²) in [6.45, 7) is 0.999. The Hall–Kier alpha value is 0.410.